The lowest BCUT2D eigenvalue weighted by molar-refractivity contribution is -0.139. The minimum Gasteiger partial charge on any atom is -0.481 e. The summed E-state index contributed by atoms with van der Waals surface area (Å²) in [5.41, 5.74) is 0.915. The predicted octanol–water partition coefficient (Wildman–Crippen LogP) is 1.04. The van der Waals surface area contributed by atoms with E-state index in [1.165, 1.54) is 0 Å². The second kappa shape index (κ2) is 3.61. The molecule has 0 spiro atoms. The van der Waals surface area contributed by atoms with Crippen LogP contribution in [-0.4, -0.2) is 27.5 Å². The van der Waals surface area contributed by atoms with Crippen molar-refractivity contribution in [2.24, 2.45) is 7.05 Å². The van der Waals surface area contributed by atoms with Crippen LogP contribution >= 0.6 is 0 Å². The Kier molecular flexibility index (Phi) is 2.29. The average Bonchev–Trinajstić information content (AvgIpc) is 2.58. The fourth-order valence-electron chi connectivity index (χ4n) is 1.42. The van der Waals surface area contributed by atoms with Gasteiger partial charge in [-0.2, -0.15) is 5.10 Å². The van der Waals surface area contributed by atoms with Crippen LogP contribution in [0.1, 0.15) is 0 Å². The van der Waals surface area contributed by atoms with Crippen molar-refractivity contribution in [2.75, 3.05) is 6.61 Å². The summed E-state index contributed by atoms with van der Waals surface area (Å²) < 4.78 is 6.85. The van der Waals surface area contributed by atoms with Crippen molar-refractivity contribution in [2.45, 2.75) is 0 Å². The Morgan fingerprint density at radius 3 is 3.13 bits per heavy atom. The highest BCUT2D eigenvalue weighted by atomic mass is 16.5. The standard InChI is InChI=1S/C10H10N2O3/c1-12-8-3-2-4-9(7(8)5-11-12)15-6-10(13)14/h2-5H,6H2,1H3,(H,13,14). The van der Waals surface area contributed by atoms with E-state index in [-0.39, 0.29) is 6.61 Å². The lowest BCUT2D eigenvalue weighted by Gasteiger charge is -2.03. The number of aromatic nitrogens is 2. The zero-order valence-electron chi connectivity index (χ0n) is 8.17. The Morgan fingerprint density at radius 1 is 1.60 bits per heavy atom. The van der Waals surface area contributed by atoms with E-state index in [9.17, 15) is 4.79 Å². The van der Waals surface area contributed by atoms with Crippen molar-refractivity contribution in [3.8, 4) is 5.75 Å². The van der Waals surface area contributed by atoms with Crippen molar-refractivity contribution in [1.82, 2.24) is 9.78 Å². The van der Waals surface area contributed by atoms with Crippen LogP contribution in [0, 0.1) is 0 Å². The quantitative estimate of drug-likeness (QED) is 0.814. The number of benzene rings is 1. The van der Waals surface area contributed by atoms with Gasteiger partial charge in [0.2, 0.25) is 0 Å². The minimum absolute atomic E-state index is 0.339. The third kappa shape index (κ3) is 1.76. The van der Waals surface area contributed by atoms with Gasteiger partial charge in [0.15, 0.2) is 6.61 Å². The highest BCUT2D eigenvalue weighted by Gasteiger charge is 2.06. The Labute approximate surface area is 85.9 Å². The van der Waals surface area contributed by atoms with Gasteiger partial charge in [0.25, 0.3) is 0 Å². The molecule has 0 saturated carbocycles. The van der Waals surface area contributed by atoms with E-state index in [4.69, 9.17) is 9.84 Å². The number of ether oxygens (including phenoxy) is 1. The highest BCUT2D eigenvalue weighted by molar-refractivity contribution is 5.85. The highest BCUT2D eigenvalue weighted by Crippen LogP contribution is 2.24. The number of hydrogen-bond donors (Lipinski definition) is 1. The molecule has 0 atom stereocenters. The monoisotopic (exact) mass is 206 g/mol. The van der Waals surface area contributed by atoms with Gasteiger partial charge in [-0.1, -0.05) is 6.07 Å². The van der Waals surface area contributed by atoms with Crippen molar-refractivity contribution < 1.29 is 14.6 Å². The van der Waals surface area contributed by atoms with Crippen molar-refractivity contribution in [3.63, 3.8) is 0 Å². The first kappa shape index (κ1) is 9.51. The van der Waals surface area contributed by atoms with Crippen molar-refractivity contribution >= 4 is 16.9 Å². The molecular weight excluding hydrogens is 196 g/mol. The molecule has 2 aromatic rings. The molecule has 1 aromatic heterocycles. The Bertz CT molecular complexity index is 504. The van der Waals surface area contributed by atoms with Crippen LogP contribution in [0.3, 0.4) is 0 Å². The van der Waals surface area contributed by atoms with Gasteiger partial charge in [-0.25, -0.2) is 4.79 Å². The molecule has 0 aliphatic carbocycles. The molecule has 1 heterocycles. The van der Waals surface area contributed by atoms with Crippen LogP contribution in [0.4, 0.5) is 0 Å². The molecule has 0 aliphatic rings. The Morgan fingerprint density at radius 2 is 2.40 bits per heavy atom. The van der Waals surface area contributed by atoms with Crippen LogP contribution in [-0.2, 0) is 11.8 Å². The van der Waals surface area contributed by atoms with Crippen LogP contribution in [0.15, 0.2) is 24.4 Å². The molecule has 5 heteroatoms. The molecule has 0 saturated heterocycles. The van der Waals surface area contributed by atoms with Gasteiger partial charge in [-0.15, -0.1) is 0 Å². The van der Waals surface area contributed by atoms with Crippen LogP contribution in [0.5, 0.6) is 5.75 Å². The largest absolute Gasteiger partial charge is 0.481 e. The third-order valence-corrected chi connectivity index (χ3v) is 2.10. The van der Waals surface area contributed by atoms with E-state index in [1.807, 2.05) is 13.1 Å². The van der Waals surface area contributed by atoms with Crippen molar-refractivity contribution in [3.05, 3.63) is 24.4 Å². The summed E-state index contributed by atoms with van der Waals surface area (Å²) in [6.45, 7) is -0.339. The molecule has 0 fully saturated rings. The second-order valence-electron chi connectivity index (χ2n) is 3.14. The third-order valence-electron chi connectivity index (χ3n) is 2.10. The summed E-state index contributed by atoms with van der Waals surface area (Å²) in [6.07, 6.45) is 1.66. The van der Waals surface area contributed by atoms with E-state index >= 15 is 0 Å². The molecule has 1 N–H and O–H groups in total. The maximum absolute atomic E-state index is 10.4. The second-order valence-corrected chi connectivity index (χ2v) is 3.14. The Hall–Kier alpha value is -2.04. The SMILES string of the molecule is Cn1ncc2c(OCC(=O)O)cccc21. The minimum atomic E-state index is -0.990. The topological polar surface area (TPSA) is 64.4 Å². The van der Waals surface area contributed by atoms with Gasteiger partial charge in [0, 0.05) is 7.05 Å². The van der Waals surface area contributed by atoms with Crippen LogP contribution < -0.4 is 4.74 Å². The molecule has 15 heavy (non-hydrogen) atoms. The van der Waals surface area contributed by atoms with Gasteiger partial charge >= 0.3 is 5.97 Å². The van der Waals surface area contributed by atoms with E-state index in [0.717, 1.165) is 10.9 Å². The van der Waals surface area contributed by atoms with Gasteiger partial charge in [-0.05, 0) is 12.1 Å². The average molecular weight is 206 g/mol. The van der Waals surface area contributed by atoms with Gasteiger partial charge in [0.1, 0.15) is 5.75 Å². The first-order valence-corrected chi connectivity index (χ1v) is 4.44. The number of carbonyl (C=O) groups is 1. The summed E-state index contributed by atoms with van der Waals surface area (Å²) in [5.74, 6) is -0.445. The summed E-state index contributed by atoms with van der Waals surface area (Å²) in [6, 6.07) is 5.43. The fourth-order valence-corrected chi connectivity index (χ4v) is 1.42. The normalized spacial score (nSPS) is 10.5. The summed E-state index contributed by atoms with van der Waals surface area (Å²) in [5, 5.41) is 13.4. The lowest BCUT2D eigenvalue weighted by Crippen LogP contribution is -2.09. The summed E-state index contributed by atoms with van der Waals surface area (Å²) >= 11 is 0. The fraction of sp³-hybridized carbons (Fsp3) is 0.200. The first-order valence-electron chi connectivity index (χ1n) is 4.44. The van der Waals surface area contributed by atoms with Gasteiger partial charge < -0.3 is 9.84 Å². The molecule has 1 aromatic carbocycles. The summed E-state index contributed by atoms with van der Waals surface area (Å²) in [7, 11) is 1.82. The maximum Gasteiger partial charge on any atom is 0.341 e. The van der Waals surface area contributed by atoms with E-state index in [2.05, 4.69) is 5.10 Å². The van der Waals surface area contributed by atoms with Gasteiger partial charge in [0.05, 0.1) is 17.1 Å². The number of carboxylic acids is 1. The molecule has 5 nitrogen and oxygen atoms in total. The number of carboxylic acid groups (broad SMARTS) is 1. The first-order chi connectivity index (χ1) is 7.18. The Balaban J connectivity index is 2.38. The number of nitrogens with zero attached hydrogens (tertiary/aromatic N) is 2. The number of fused-ring (bicyclic) bond motifs is 1. The lowest BCUT2D eigenvalue weighted by atomic mass is 10.2. The molecule has 0 amide bonds. The predicted molar refractivity (Wildman–Crippen MR) is 53.8 cm³/mol. The number of rotatable bonds is 3. The molecule has 0 radical (unpaired) electrons. The van der Waals surface area contributed by atoms with Crippen molar-refractivity contribution in [1.29, 1.82) is 0 Å². The number of aliphatic carboxylic acids is 1. The zero-order chi connectivity index (χ0) is 10.8. The van der Waals surface area contributed by atoms with Gasteiger partial charge in [-0.3, -0.25) is 4.68 Å². The van der Waals surface area contributed by atoms with Crippen LogP contribution in [0.2, 0.25) is 0 Å². The van der Waals surface area contributed by atoms with Crippen LogP contribution in [0.25, 0.3) is 10.9 Å². The summed E-state index contributed by atoms with van der Waals surface area (Å²) in [4.78, 5) is 10.4. The maximum atomic E-state index is 10.4. The van der Waals surface area contributed by atoms with E-state index < -0.39 is 5.97 Å². The molecule has 78 valence electrons. The van der Waals surface area contributed by atoms with E-state index in [1.54, 1.807) is 23.0 Å². The number of hydrogen-bond acceptors (Lipinski definition) is 3. The molecule has 2 rings (SSSR count). The van der Waals surface area contributed by atoms with E-state index in [0.29, 0.717) is 5.75 Å². The molecule has 0 unspecified atom stereocenters. The zero-order valence-corrected chi connectivity index (χ0v) is 8.17. The number of aryl methyl sites for hydroxylation is 1. The molecular formula is C10H10N2O3. The molecule has 0 bridgehead atoms. The smallest absolute Gasteiger partial charge is 0.341 e. The molecule has 0 aliphatic heterocycles.